The van der Waals surface area contributed by atoms with Crippen LogP contribution in [0.25, 0.3) is 0 Å². The fraction of sp³-hybridized carbons (Fsp3) is 0.333. The highest BCUT2D eigenvalue weighted by atomic mass is 32.2. The van der Waals surface area contributed by atoms with E-state index in [0.29, 0.717) is 26.2 Å². The lowest BCUT2D eigenvalue weighted by Gasteiger charge is -2.34. The number of benzene rings is 1. The summed E-state index contributed by atoms with van der Waals surface area (Å²) in [6.45, 7) is 2.91. The molecule has 3 rings (SSSR count). The van der Waals surface area contributed by atoms with Crippen molar-refractivity contribution in [3.63, 3.8) is 0 Å². The summed E-state index contributed by atoms with van der Waals surface area (Å²) in [7, 11) is -3.74. The van der Waals surface area contributed by atoms with E-state index in [2.05, 4.69) is 4.72 Å². The molecule has 1 fully saturated rings. The Morgan fingerprint density at radius 3 is 2.41 bits per heavy atom. The van der Waals surface area contributed by atoms with Gasteiger partial charge in [-0.05, 0) is 36.8 Å². The van der Waals surface area contributed by atoms with Crippen LogP contribution in [0.15, 0.2) is 52.0 Å². The van der Waals surface area contributed by atoms with Gasteiger partial charge in [-0.2, -0.15) is 0 Å². The minimum Gasteiger partial charge on any atom is -0.459 e. The maximum absolute atomic E-state index is 12.3. The molecular formula is C18H21N3O5S. The summed E-state index contributed by atoms with van der Waals surface area (Å²) < 4.78 is 32.0. The molecule has 0 saturated carbocycles. The molecule has 144 valence electrons. The van der Waals surface area contributed by atoms with Crippen molar-refractivity contribution >= 4 is 21.8 Å². The first-order valence-corrected chi connectivity index (χ1v) is 10.0. The molecule has 0 atom stereocenters. The molecule has 2 heterocycles. The number of amides is 2. The summed E-state index contributed by atoms with van der Waals surface area (Å²) >= 11 is 0. The van der Waals surface area contributed by atoms with Crippen LogP contribution in [0.1, 0.15) is 16.1 Å². The van der Waals surface area contributed by atoms with Gasteiger partial charge in [0.1, 0.15) is 0 Å². The van der Waals surface area contributed by atoms with Crippen LogP contribution in [0.3, 0.4) is 0 Å². The summed E-state index contributed by atoms with van der Waals surface area (Å²) in [5.41, 5.74) is 0.821. The quantitative estimate of drug-likeness (QED) is 0.815. The maximum Gasteiger partial charge on any atom is 0.289 e. The maximum atomic E-state index is 12.3. The zero-order valence-electron chi connectivity index (χ0n) is 14.9. The molecule has 27 heavy (non-hydrogen) atoms. The minimum absolute atomic E-state index is 0.129. The Labute approximate surface area is 157 Å². The fourth-order valence-corrected chi connectivity index (χ4v) is 3.93. The van der Waals surface area contributed by atoms with E-state index in [4.69, 9.17) is 4.42 Å². The van der Waals surface area contributed by atoms with Gasteiger partial charge >= 0.3 is 0 Å². The number of nitrogens with one attached hydrogen (secondary N) is 1. The lowest BCUT2D eigenvalue weighted by Crippen LogP contribution is -2.52. The SMILES string of the molecule is Cc1cccc(S(=O)(=O)NCC(=O)N2CCN(C(=O)c3ccco3)CC2)c1. The number of carbonyl (C=O) groups excluding carboxylic acids is 2. The second-order valence-electron chi connectivity index (χ2n) is 6.29. The molecule has 9 heteroatoms. The van der Waals surface area contributed by atoms with Crippen LogP contribution in [0, 0.1) is 6.92 Å². The predicted molar refractivity (Wildman–Crippen MR) is 97.6 cm³/mol. The monoisotopic (exact) mass is 391 g/mol. The van der Waals surface area contributed by atoms with Gasteiger partial charge in [-0.1, -0.05) is 12.1 Å². The lowest BCUT2D eigenvalue weighted by atomic mass is 10.2. The molecule has 1 saturated heterocycles. The first kappa shape index (κ1) is 19.1. The van der Waals surface area contributed by atoms with Crippen molar-refractivity contribution in [1.29, 1.82) is 0 Å². The van der Waals surface area contributed by atoms with Crippen LogP contribution in [0.4, 0.5) is 0 Å². The van der Waals surface area contributed by atoms with Gasteiger partial charge in [-0.3, -0.25) is 9.59 Å². The molecule has 1 aliphatic heterocycles. The van der Waals surface area contributed by atoms with Gasteiger partial charge in [0.25, 0.3) is 5.91 Å². The van der Waals surface area contributed by atoms with Crippen LogP contribution in [-0.4, -0.2) is 62.8 Å². The number of piperazine rings is 1. The molecule has 1 aromatic heterocycles. The molecular weight excluding hydrogens is 370 g/mol. The number of carbonyl (C=O) groups is 2. The summed E-state index contributed by atoms with van der Waals surface area (Å²) in [5.74, 6) is -0.274. The molecule has 1 aliphatic rings. The standard InChI is InChI=1S/C18H21N3O5S/c1-14-4-2-5-15(12-14)27(24,25)19-13-17(22)20-7-9-21(10-8-20)18(23)16-6-3-11-26-16/h2-6,11-12,19H,7-10,13H2,1H3. The predicted octanol–water partition coefficient (Wildman–Crippen LogP) is 0.851. The minimum atomic E-state index is -3.74. The Hall–Kier alpha value is -2.65. The van der Waals surface area contributed by atoms with Gasteiger partial charge in [0.05, 0.1) is 17.7 Å². The van der Waals surface area contributed by atoms with Gasteiger partial charge in [-0.15, -0.1) is 0 Å². The molecule has 2 aromatic rings. The molecule has 0 radical (unpaired) electrons. The normalized spacial score (nSPS) is 15.0. The Balaban J connectivity index is 1.52. The van der Waals surface area contributed by atoms with Crippen molar-refractivity contribution in [2.75, 3.05) is 32.7 Å². The van der Waals surface area contributed by atoms with E-state index in [1.807, 2.05) is 0 Å². The van der Waals surface area contributed by atoms with E-state index >= 15 is 0 Å². The zero-order chi connectivity index (χ0) is 19.4. The van der Waals surface area contributed by atoms with Gasteiger partial charge in [-0.25, -0.2) is 13.1 Å². The molecule has 1 N–H and O–H groups in total. The van der Waals surface area contributed by atoms with Gasteiger partial charge in [0.2, 0.25) is 15.9 Å². The van der Waals surface area contributed by atoms with E-state index in [0.717, 1.165) is 5.56 Å². The number of hydrogen-bond donors (Lipinski definition) is 1. The Kier molecular flexibility index (Phi) is 5.62. The average Bonchev–Trinajstić information content (AvgIpc) is 3.20. The van der Waals surface area contributed by atoms with Crippen molar-refractivity contribution in [3.05, 3.63) is 54.0 Å². The average molecular weight is 391 g/mol. The van der Waals surface area contributed by atoms with Crippen LogP contribution in [0.5, 0.6) is 0 Å². The number of nitrogens with zero attached hydrogens (tertiary/aromatic N) is 2. The van der Waals surface area contributed by atoms with Crippen LogP contribution >= 0.6 is 0 Å². The highest BCUT2D eigenvalue weighted by molar-refractivity contribution is 7.89. The smallest absolute Gasteiger partial charge is 0.289 e. The van der Waals surface area contributed by atoms with E-state index < -0.39 is 10.0 Å². The van der Waals surface area contributed by atoms with Crippen molar-refractivity contribution in [1.82, 2.24) is 14.5 Å². The van der Waals surface area contributed by atoms with E-state index in [9.17, 15) is 18.0 Å². The van der Waals surface area contributed by atoms with Crippen molar-refractivity contribution in [2.45, 2.75) is 11.8 Å². The molecule has 0 bridgehead atoms. The first-order valence-electron chi connectivity index (χ1n) is 8.54. The summed E-state index contributed by atoms with van der Waals surface area (Å²) in [5, 5.41) is 0. The van der Waals surface area contributed by atoms with Crippen LogP contribution in [-0.2, 0) is 14.8 Å². The molecule has 0 aliphatic carbocycles. The van der Waals surface area contributed by atoms with E-state index in [1.165, 1.54) is 12.3 Å². The highest BCUT2D eigenvalue weighted by Gasteiger charge is 2.26. The molecule has 1 aromatic carbocycles. The third-order valence-corrected chi connectivity index (χ3v) is 5.76. The van der Waals surface area contributed by atoms with E-state index in [-0.39, 0.29) is 29.0 Å². The van der Waals surface area contributed by atoms with Crippen molar-refractivity contribution < 1.29 is 22.4 Å². The third kappa shape index (κ3) is 4.55. The third-order valence-electron chi connectivity index (χ3n) is 4.36. The molecule has 0 unspecified atom stereocenters. The number of aryl methyl sites for hydroxylation is 1. The number of sulfonamides is 1. The van der Waals surface area contributed by atoms with Gasteiger partial charge in [0, 0.05) is 26.2 Å². The number of furan rings is 1. The number of hydrogen-bond acceptors (Lipinski definition) is 5. The Morgan fingerprint density at radius 1 is 1.07 bits per heavy atom. The fourth-order valence-electron chi connectivity index (χ4n) is 2.85. The Bertz CT molecular complexity index is 916. The van der Waals surface area contributed by atoms with Crippen LogP contribution in [0.2, 0.25) is 0 Å². The van der Waals surface area contributed by atoms with Crippen molar-refractivity contribution in [2.24, 2.45) is 0 Å². The largest absolute Gasteiger partial charge is 0.459 e. The summed E-state index contributed by atoms with van der Waals surface area (Å²) in [6.07, 6.45) is 1.44. The van der Waals surface area contributed by atoms with Gasteiger partial charge < -0.3 is 14.2 Å². The summed E-state index contributed by atoms with van der Waals surface area (Å²) in [6, 6.07) is 9.73. The zero-order valence-corrected chi connectivity index (χ0v) is 15.7. The Morgan fingerprint density at radius 2 is 1.78 bits per heavy atom. The lowest BCUT2D eigenvalue weighted by molar-refractivity contribution is -0.131. The topological polar surface area (TPSA) is 99.9 Å². The molecule has 0 spiro atoms. The van der Waals surface area contributed by atoms with Crippen molar-refractivity contribution in [3.8, 4) is 0 Å². The highest BCUT2D eigenvalue weighted by Crippen LogP contribution is 2.12. The second kappa shape index (κ2) is 7.93. The first-order chi connectivity index (χ1) is 12.9. The molecule has 2 amide bonds. The van der Waals surface area contributed by atoms with Gasteiger partial charge in [0.15, 0.2) is 5.76 Å². The summed E-state index contributed by atoms with van der Waals surface area (Å²) in [4.78, 5) is 27.8. The second-order valence-corrected chi connectivity index (χ2v) is 8.06. The molecule has 8 nitrogen and oxygen atoms in total. The van der Waals surface area contributed by atoms with E-state index in [1.54, 1.807) is 47.1 Å². The van der Waals surface area contributed by atoms with Crippen LogP contribution < -0.4 is 4.72 Å². The number of rotatable bonds is 5.